The van der Waals surface area contributed by atoms with E-state index in [2.05, 4.69) is 26.5 Å². The molecule has 7 nitrogen and oxygen atoms in total. The number of nitrogens with zero attached hydrogens (tertiary/aromatic N) is 3. The summed E-state index contributed by atoms with van der Waals surface area (Å²) in [6.45, 7) is 1.85. The van der Waals surface area contributed by atoms with Gasteiger partial charge in [0, 0.05) is 35.8 Å². The first kappa shape index (κ1) is 18.7. The Morgan fingerprint density at radius 3 is 2.83 bits per heavy atom. The zero-order valence-corrected chi connectivity index (χ0v) is 15.5. The van der Waals surface area contributed by atoms with Crippen LogP contribution in [0, 0.1) is 18.2 Å². The number of anilines is 3. The average Bonchev–Trinajstić information content (AvgIpc) is 2.75. The van der Waals surface area contributed by atoms with Crippen molar-refractivity contribution in [2.24, 2.45) is 0 Å². The van der Waals surface area contributed by atoms with Crippen LogP contribution in [-0.4, -0.2) is 47.2 Å². The molecule has 0 unspecified atom stereocenters. The number of hydrogen-bond donors (Lipinski definition) is 2. The van der Waals surface area contributed by atoms with Gasteiger partial charge in [0.15, 0.2) is 0 Å². The van der Waals surface area contributed by atoms with Crippen LogP contribution in [-0.2, 0) is 4.74 Å². The maximum atomic E-state index is 14.5. The van der Waals surface area contributed by atoms with Crippen molar-refractivity contribution in [3.63, 3.8) is 0 Å². The minimum absolute atomic E-state index is 0.0595. The molecule has 3 aromatic rings. The molecule has 4 rings (SSSR count). The second kappa shape index (κ2) is 8.12. The predicted octanol–water partition coefficient (Wildman–Crippen LogP) is 3.36. The number of nitrogens with one attached hydrogen (secondary N) is 2. The molecule has 1 saturated heterocycles. The quantitative estimate of drug-likeness (QED) is 0.670. The number of terminal acetylenes is 1. The van der Waals surface area contributed by atoms with E-state index in [0.717, 1.165) is 11.3 Å². The maximum Gasteiger partial charge on any atom is 0.322 e. The lowest BCUT2D eigenvalue weighted by Gasteiger charge is -2.27. The molecule has 1 aromatic heterocycles. The second-order valence-corrected chi connectivity index (χ2v) is 6.45. The summed E-state index contributed by atoms with van der Waals surface area (Å²) in [5, 5.41) is 6.37. The first-order valence-corrected chi connectivity index (χ1v) is 9.05. The Morgan fingerprint density at radius 1 is 1.21 bits per heavy atom. The van der Waals surface area contributed by atoms with Crippen molar-refractivity contribution >= 4 is 34.1 Å². The highest BCUT2D eigenvalue weighted by Crippen LogP contribution is 2.28. The summed E-state index contributed by atoms with van der Waals surface area (Å²) in [7, 11) is 0. The Balaban J connectivity index is 1.65. The van der Waals surface area contributed by atoms with Crippen molar-refractivity contribution in [2.45, 2.75) is 0 Å². The van der Waals surface area contributed by atoms with Gasteiger partial charge >= 0.3 is 6.03 Å². The summed E-state index contributed by atoms with van der Waals surface area (Å²) >= 11 is 0. The fraction of sp³-hybridized carbons (Fsp3) is 0.190. The van der Waals surface area contributed by atoms with Crippen LogP contribution in [0.25, 0.3) is 10.9 Å². The van der Waals surface area contributed by atoms with E-state index in [-0.39, 0.29) is 11.7 Å². The lowest BCUT2D eigenvalue weighted by atomic mass is 10.1. The number of hydrogen-bond acceptors (Lipinski definition) is 5. The van der Waals surface area contributed by atoms with Crippen molar-refractivity contribution in [1.82, 2.24) is 14.9 Å². The summed E-state index contributed by atoms with van der Waals surface area (Å²) < 4.78 is 19.8. The molecule has 8 heteroatoms. The van der Waals surface area contributed by atoms with Crippen molar-refractivity contribution in [3.8, 4) is 12.3 Å². The third kappa shape index (κ3) is 4.10. The first-order chi connectivity index (χ1) is 14.1. The van der Waals surface area contributed by atoms with Gasteiger partial charge in [-0.05, 0) is 24.3 Å². The van der Waals surface area contributed by atoms with Gasteiger partial charge in [-0.25, -0.2) is 19.2 Å². The molecule has 0 spiro atoms. The Hall–Kier alpha value is -3.70. The van der Waals surface area contributed by atoms with Crippen molar-refractivity contribution in [3.05, 3.63) is 54.1 Å². The van der Waals surface area contributed by atoms with Gasteiger partial charge in [-0.3, -0.25) is 0 Å². The normalized spacial score (nSPS) is 13.7. The van der Waals surface area contributed by atoms with E-state index >= 15 is 0 Å². The van der Waals surface area contributed by atoms with E-state index in [9.17, 15) is 9.18 Å². The number of rotatable bonds is 3. The van der Waals surface area contributed by atoms with Crippen LogP contribution in [0.15, 0.2) is 42.7 Å². The van der Waals surface area contributed by atoms with E-state index in [1.807, 2.05) is 18.2 Å². The molecule has 1 aliphatic heterocycles. The average molecular weight is 391 g/mol. The molecule has 146 valence electrons. The van der Waals surface area contributed by atoms with Crippen molar-refractivity contribution in [1.29, 1.82) is 0 Å². The predicted molar refractivity (Wildman–Crippen MR) is 109 cm³/mol. The fourth-order valence-electron chi connectivity index (χ4n) is 3.06. The molecular formula is C21H18FN5O2. The first-order valence-electron chi connectivity index (χ1n) is 9.05. The van der Waals surface area contributed by atoms with E-state index in [4.69, 9.17) is 11.2 Å². The number of carbonyl (C=O) groups excluding carboxylic acids is 1. The molecule has 0 atom stereocenters. The zero-order valence-electron chi connectivity index (χ0n) is 15.5. The molecule has 1 fully saturated rings. The van der Waals surface area contributed by atoms with Gasteiger partial charge in [-0.1, -0.05) is 12.0 Å². The Labute approximate surface area is 166 Å². The van der Waals surface area contributed by atoms with Crippen LogP contribution >= 0.6 is 0 Å². The largest absolute Gasteiger partial charge is 0.378 e. The van der Waals surface area contributed by atoms with Gasteiger partial charge in [0.05, 0.1) is 24.4 Å². The molecule has 0 bridgehead atoms. The molecule has 0 saturated carbocycles. The molecule has 2 N–H and O–H groups in total. The Bertz CT molecular complexity index is 1110. The number of benzene rings is 2. The topological polar surface area (TPSA) is 79.4 Å². The molecule has 0 aliphatic carbocycles. The molecule has 2 aromatic carbocycles. The number of ether oxygens (including phenoxy) is 1. The molecule has 1 aliphatic rings. The number of amides is 2. The number of aromatic nitrogens is 2. The van der Waals surface area contributed by atoms with Crippen LogP contribution < -0.4 is 10.6 Å². The third-order valence-corrected chi connectivity index (χ3v) is 4.56. The van der Waals surface area contributed by atoms with E-state index in [1.165, 1.54) is 18.5 Å². The minimum atomic E-state index is -0.571. The molecule has 29 heavy (non-hydrogen) atoms. The molecule has 0 radical (unpaired) electrons. The van der Waals surface area contributed by atoms with Gasteiger partial charge in [0.1, 0.15) is 18.0 Å². The van der Waals surface area contributed by atoms with Gasteiger partial charge in [-0.15, -0.1) is 6.42 Å². The van der Waals surface area contributed by atoms with Crippen LogP contribution in [0.1, 0.15) is 5.56 Å². The molecular weight excluding hydrogens is 373 g/mol. The lowest BCUT2D eigenvalue weighted by molar-refractivity contribution is 0.0564. The van der Waals surface area contributed by atoms with E-state index in [1.54, 1.807) is 11.0 Å². The van der Waals surface area contributed by atoms with E-state index in [0.29, 0.717) is 43.0 Å². The number of morpholine rings is 1. The van der Waals surface area contributed by atoms with Crippen LogP contribution in [0.3, 0.4) is 0 Å². The number of halogens is 1. The SMILES string of the molecule is C#Cc1cccc(Nc2ncnc3cc(F)c(NC(=O)N4CCOCC4)cc23)c1. The summed E-state index contributed by atoms with van der Waals surface area (Å²) in [5.41, 5.74) is 1.93. The van der Waals surface area contributed by atoms with Crippen molar-refractivity contribution in [2.75, 3.05) is 36.9 Å². The smallest absolute Gasteiger partial charge is 0.322 e. The zero-order chi connectivity index (χ0) is 20.2. The van der Waals surface area contributed by atoms with Gasteiger partial charge in [0.2, 0.25) is 0 Å². The summed E-state index contributed by atoms with van der Waals surface area (Å²) in [6.07, 6.45) is 6.80. The van der Waals surface area contributed by atoms with Gasteiger partial charge in [-0.2, -0.15) is 0 Å². The molecule has 2 heterocycles. The van der Waals surface area contributed by atoms with Gasteiger partial charge < -0.3 is 20.3 Å². The Kier molecular flexibility index (Phi) is 5.22. The highest BCUT2D eigenvalue weighted by molar-refractivity contribution is 5.97. The van der Waals surface area contributed by atoms with E-state index < -0.39 is 5.82 Å². The summed E-state index contributed by atoms with van der Waals surface area (Å²) in [6, 6.07) is 9.72. The fourth-order valence-corrected chi connectivity index (χ4v) is 3.06. The second-order valence-electron chi connectivity index (χ2n) is 6.45. The maximum absolute atomic E-state index is 14.5. The number of urea groups is 1. The number of fused-ring (bicyclic) bond motifs is 1. The van der Waals surface area contributed by atoms with Crippen LogP contribution in [0.5, 0.6) is 0 Å². The summed E-state index contributed by atoms with van der Waals surface area (Å²) in [5.74, 6) is 2.48. The monoisotopic (exact) mass is 391 g/mol. The summed E-state index contributed by atoms with van der Waals surface area (Å²) in [4.78, 5) is 22.4. The Morgan fingerprint density at radius 2 is 2.03 bits per heavy atom. The third-order valence-electron chi connectivity index (χ3n) is 4.56. The highest BCUT2D eigenvalue weighted by atomic mass is 19.1. The minimum Gasteiger partial charge on any atom is -0.378 e. The number of carbonyl (C=O) groups is 1. The van der Waals surface area contributed by atoms with Crippen LogP contribution in [0.2, 0.25) is 0 Å². The lowest BCUT2D eigenvalue weighted by Crippen LogP contribution is -2.43. The highest BCUT2D eigenvalue weighted by Gasteiger charge is 2.19. The van der Waals surface area contributed by atoms with Crippen molar-refractivity contribution < 1.29 is 13.9 Å². The standard InChI is InChI=1S/C21H18FN5O2/c1-2-14-4-3-5-15(10-14)25-20-16-11-19(17(22)12-18(16)23-13-24-20)26-21(28)27-6-8-29-9-7-27/h1,3-5,10-13H,6-9H2,(H,26,28)(H,23,24,25). The van der Waals surface area contributed by atoms with Gasteiger partial charge in [0.25, 0.3) is 0 Å². The molecule has 2 amide bonds. The van der Waals surface area contributed by atoms with Crippen LogP contribution in [0.4, 0.5) is 26.4 Å².